The molecule has 1 atom stereocenters. The normalized spacial score (nSPS) is 17.9. The molecule has 3 aromatic rings. The van der Waals surface area contributed by atoms with Crippen LogP contribution >= 0.6 is 0 Å². The van der Waals surface area contributed by atoms with E-state index >= 15 is 0 Å². The number of halogens is 3. The molecule has 0 spiro atoms. The number of benzene rings is 2. The second-order valence-corrected chi connectivity index (χ2v) is 7.36. The smallest absolute Gasteiger partial charge is 0.507 e. The summed E-state index contributed by atoms with van der Waals surface area (Å²) < 4.78 is 42.2. The summed E-state index contributed by atoms with van der Waals surface area (Å²) >= 11 is 0. The van der Waals surface area contributed by atoms with Crippen molar-refractivity contribution in [3.05, 3.63) is 95.3 Å². The molecule has 0 aliphatic carbocycles. The number of aromatic nitrogens is 1. The fraction of sp³-hybridized carbons (Fsp3) is 0.125. The zero-order valence-electron chi connectivity index (χ0n) is 17.2. The van der Waals surface area contributed by atoms with Gasteiger partial charge in [-0.3, -0.25) is 19.5 Å². The van der Waals surface area contributed by atoms with E-state index in [2.05, 4.69) is 9.72 Å². The molecule has 1 aromatic heterocycles. The van der Waals surface area contributed by atoms with Gasteiger partial charge in [-0.25, -0.2) is 0 Å². The average molecular weight is 454 g/mol. The minimum Gasteiger partial charge on any atom is -0.507 e. The predicted molar refractivity (Wildman–Crippen MR) is 113 cm³/mol. The first kappa shape index (κ1) is 22.1. The molecule has 1 fully saturated rings. The van der Waals surface area contributed by atoms with Crippen LogP contribution in [0, 0.1) is 6.92 Å². The maximum absolute atomic E-state index is 13.1. The second kappa shape index (κ2) is 8.42. The Labute approximate surface area is 186 Å². The number of ether oxygens (including phenoxy) is 1. The fourth-order valence-electron chi connectivity index (χ4n) is 3.75. The lowest BCUT2D eigenvalue weighted by atomic mass is 9.94. The molecule has 0 bridgehead atoms. The molecule has 33 heavy (non-hydrogen) atoms. The predicted octanol–water partition coefficient (Wildman–Crippen LogP) is 4.91. The molecule has 1 unspecified atom stereocenters. The van der Waals surface area contributed by atoms with Crippen LogP contribution in [0.4, 0.5) is 18.9 Å². The van der Waals surface area contributed by atoms with Gasteiger partial charge in [0.2, 0.25) is 0 Å². The minimum atomic E-state index is -4.93. The van der Waals surface area contributed by atoms with Crippen molar-refractivity contribution >= 4 is 23.1 Å². The van der Waals surface area contributed by atoms with Crippen LogP contribution in [0.3, 0.4) is 0 Å². The number of alkyl halides is 3. The van der Waals surface area contributed by atoms with E-state index < -0.39 is 35.6 Å². The highest BCUT2D eigenvalue weighted by Crippen LogP contribution is 2.43. The molecule has 1 aliphatic heterocycles. The Morgan fingerprint density at radius 3 is 2.39 bits per heavy atom. The molecular formula is C24H17F3N2O4. The SMILES string of the molecule is Cc1cccc(C2/C(=C(\O)c3ccncc3)C(=O)C(=O)N2c2cccc(OC(F)(F)F)c2)c1. The Balaban J connectivity index is 1.91. The van der Waals surface area contributed by atoms with Crippen LogP contribution in [0.2, 0.25) is 0 Å². The third-order valence-corrected chi connectivity index (χ3v) is 5.09. The highest BCUT2D eigenvalue weighted by atomic mass is 19.4. The van der Waals surface area contributed by atoms with Gasteiger partial charge in [-0.15, -0.1) is 13.2 Å². The molecule has 0 saturated carbocycles. The monoisotopic (exact) mass is 454 g/mol. The summed E-state index contributed by atoms with van der Waals surface area (Å²) in [5.74, 6) is -2.90. The lowest BCUT2D eigenvalue weighted by molar-refractivity contribution is -0.274. The summed E-state index contributed by atoms with van der Waals surface area (Å²) in [7, 11) is 0. The van der Waals surface area contributed by atoms with E-state index in [0.717, 1.165) is 22.6 Å². The van der Waals surface area contributed by atoms with E-state index in [1.807, 2.05) is 13.0 Å². The van der Waals surface area contributed by atoms with Crippen molar-refractivity contribution < 1.29 is 32.6 Å². The number of aliphatic hydroxyl groups excluding tert-OH is 1. The molecule has 0 radical (unpaired) electrons. The Bertz CT molecular complexity index is 1260. The molecular weight excluding hydrogens is 437 g/mol. The largest absolute Gasteiger partial charge is 0.573 e. The number of aryl methyl sites for hydroxylation is 1. The average Bonchev–Trinajstić information content (AvgIpc) is 3.03. The lowest BCUT2D eigenvalue weighted by Crippen LogP contribution is -2.29. The van der Waals surface area contributed by atoms with Gasteiger partial charge in [0.25, 0.3) is 11.7 Å². The minimum absolute atomic E-state index is 0.0131. The Morgan fingerprint density at radius 2 is 1.73 bits per heavy atom. The number of rotatable bonds is 4. The fourth-order valence-corrected chi connectivity index (χ4v) is 3.75. The van der Waals surface area contributed by atoms with Crippen LogP contribution in [0.5, 0.6) is 5.75 Å². The summed E-state index contributed by atoms with van der Waals surface area (Å²) in [5.41, 5.74) is 1.44. The highest BCUT2D eigenvalue weighted by molar-refractivity contribution is 6.51. The zero-order valence-corrected chi connectivity index (χ0v) is 17.2. The van der Waals surface area contributed by atoms with Crippen molar-refractivity contribution in [3.8, 4) is 5.75 Å². The standard InChI is InChI=1S/C24H17F3N2O4/c1-14-4-2-5-16(12-14)20-19(21(30)15-8-10-28-11-9-15)22(31)23(32)29(20)17-6-3-7-18(13-17)33-24(25,26)27/h2-13,20,30H,1H3/b21-19+. The van der Waals surface area contributed by atoms with Gasteiger partial charge in [0.05, 0.1) is 11.6 Å². The van der Waals surface area contributed by atoms with Gasteiger partial charge in [-0.05, 0) is 36.8 Å². The Kier molecular flexibility index (Phi) is 5.63. The number of Topliss-reactive ketones (excluding diaryl/α,β-unsaturated/α-hetero) is 1. The van der Waals surface area contributed by atoms with Crippen LogP contribution in [-0.2, 0) is 9.59 Å². The van der Waals surface area contributed by atoms with Crippen LogP contribution < -0.4 is 9.64 Å². The third-order valence-electron chi connectivity index (χ3n) is 5.09. The number of carbonyl (C=O) groups excluding carboxylic acids is 2. The van der Waals surface area contributed by atoms with Gasteiger partial charge in [-0.1, -0.05) is 35.9 Å². The topological polar surface area (TPSA) is 79.7 Å². The van der Waals surface area contributed by atoms with E-state index in [1.54, 1.807) is 18.2 Å². The maximum Gasteiger partial charge on any atom is 0.573 e. The number of hydrogen-bond donors (Lipinski definition) is 1. The van der Waals surface area contributed by atoms with Crippen molar-refractivity contribution in [2.45, 2.75) is 19.3 Å². The van der Waals surface area contributed by atoms with Gasteiger partial charge in [0, 0.05) is 29.7 Å². The number of pyridine rings is 1. The van der Waals surface area contributed by atoms with Crippen molar-refractivity contribution in [3.63, 3.8) is 0 Å². The first-order valence-corrected chi connectivity index (χ1v) is 9.79. The molecule has 1 aliphatic rings. The van der Waals surface area contributed by atoms with E-state index in [-0.39, 0.29) is 16.8 Å². The number of carbonyl (C=O) groups is 2. The quantitative estimate of drug-likeness (QED) is 0.344. The van der Waals surface area contributed by atoms with E-state index in [4.69, 9.17) is 0 Å². The van der Waals surface area contributed by atoms with Crippen molar-refractivity contribution in [2.24, 2.45) is 0 Å². The Morgan fingerprint density at radius 1 is 1.03 bits per heavy atom. The highest BCUT2D eigenvalue weighted by Gasteiger charge is 2.47. The summed E-state index contributed by atoms with van der Waals surface area (Å²) in [5, 5.41) is 11.0. The number of anilines is 1. The van der Waals surface area contributed by atoms with Crippen LogP contribution in [0.25, 0.3) is 5.76 Å². The van der Waals surface area contributed by atoms with Gasteiger partial charge in [0.1, 0.15) is 11.5 Å². The second-order valence-electron chi connectivity index (χ2n) is 7.36. The zero-order chi connectivity index (χ0) is 23.8. The first-order chi connectivity index (χ1) is 15.7. The third kappa shape index (κ3) is 4.43. The van der Waals surface area contributed by atoms with Crippen LogP contribution in [-0.4, -0.2) is 28.1 Å². The molecule has 6 nitrogen and oxygen atoms in total. The Hall–Kier alpha value is -4.14. The summed E-state index contributed by atoms with van der Waals surface area (Å²) in [6.45, 7) is 1.82. The number of nitrogens with zero attached hydrogens (tertiary/aromatic N) is 2. The summed E-state index contributed by atoms with van der Waals surface area (Å²) in [6, 6.07) is 13.6. The van der Waals surface area contributed by atoms with E-state index in [0.29, 0.717) is 5.56 Å². The van der Waals surface area contributed by atoms with Gasteiger partial charge < -0.3 is 9.84 Å². The number of aliphatic hydroxyl groups is 1. The van der Waals surface area contributed by atoms with E-state index in [1.165, 1.54) is 36.7 Å². The maximum atomic E-state index is 13.1. The first-order valence-electron chi connectivity index (χ1n) is 9.79. The van der Waals surface area contributed by atoms with Crippen molar-refractivity contribution in [2.75, 3.05) is 4.90 Å². The summed E-state index contributed by atoms with van der Waals surface area (Å²) in [6.07, 6.45) is -2.08. The molecule has 1 amide bonds. The lowest BCUT2D eigenvalue weighted by Gasteiger charge is -2.26. The molecule has 4 rings (SSSR count). The van der Waals surface area contributed by atoms with Crippen LogP contribution in [0.15, 0.2) is 78.6 Å². The van der Waals surface area contributed by atoms with Gasteiger partial charge in [0.15, 0.2) is 0 Å². The molecule has 2 aromatic carbocycles. The van der Waals surface area contributed by atoms with Gasteiger partial charge in [-0.2, -0.15) is 0 Å². The number of amides is 1. The van der Waals surface area contributed by atoms with E-state index in [9.17, 15) is 27.9 Å². The summed E-state index contributed by atoms with van der Waals surface area (Å²) in [4.78, 5) is 31.1. The van der Waals surface area contributed by atoms with Crippen LogP contribution in [0.1, 0.15) is 22.7 Å². The van der Waals surface area contributed by atoms with Crippen molar-refractivity contribution in [1.82, 2.24) is 4.98 Å². The molecule has 1 saturated heterocycles. The number of ketones is 1. The molecule has 168 valence electrons. The molecule has 9 heteroatoms. The molecule has 1 N–H and O–H groups in total. The molecule has 2 heterocycles. The van der Waals surface area contributed by atoms with Crippen molar-refractivity contribution in [1.29, 1.82) is 0 Å². The number of hydrogen-bond acceptors (Lipinski definition) is 5. The van der Waals surface area contributed by atoms with Gasteiger partial charge >= 0.3 is 6.36 Å².